The number of rotatable bonds is 5. The number of nitrogens with zero attached hydrogens (tertiary/aromatic N) is 4. The fourth-order valence-corrected chi connectivity index (χ4v) is 2.96. The number of hydrogen-bond acceptors (Lipinski definition) is 6. The molecule has 3 rings (SSSR count). The van der Waals surface area contributed by atoms with Gasteiger partial charge in [0.2, 0.25) is 11.9 Å². The molecule has 0 bridgehead atoms. The van der Waals surface area contributed by atoms with Crippen LogP contribution in [0.15, 0.2) is 36.7 Å². The van der Waals surface area contributed by atoms with Gasteiger partial charge in [-0.25, -0.2) is 9.97 Å². The Morgan fingerprint density at radius 3 is 2.33 bits per heavy atom. The second-order valence-corrected chi connectivity index (χ2v) is 6.26. The summed E-state index contributed by atoms with van der Waals surface area (Å²) < 4.78 is 5.32. The van der Waals surface area contributed by atoms with Gasteiger partial charge in [0.25, 0.3) is 5.91 Å². The first-order valence-electron chi connectivity index (χ1n) is 8.81. The van der Waals surface area contributed by atoms with Gasteiger partial charge in [-0.15, -0.1) is 0 Å². The van der Waals surface area contributed by atoms with E-state index in [1.54, 1.807) is 23.8 Å². The summed E-state index contributed by atoms with van der Waals surface area (Å²) in [4.78, 5) is 35.9. The highest BCUT2D eigenvalue weighted by Crippen LogP contribution is 2.18. The molecule has 2 aromatic rings. The number of piperazine rings is 1. The lowest BCUT2D eigenvalue weighted by molar-refractivity contribution is -0.130. The van der Waals surface area contributed by atoms with E-state index in [0.29, 0.717) is 44.2 Å². The third-order valence-corrected chi connectivity index (χ3v) is 4.54. The summed E-state index contributed by atoms with van der Waals surface area (Å²) in [5.41, 5.74) is 1.43. The zero-order valence-corrected chi connectivity index (χ0v) is 15.5. The molecule has 0 saturated carbocycles. The average molecular weight is 369 g/mol. The van der Waals surface area contributed by atoms with E-state index in [-0.39, 0.29) is 11.8 Å². The normalized spacial score (nSPS) is 14.0. The lowest BCUT2D eigenvalue weighted by Crippen LogP contribution is -2.50. The highest BCUT2D eigenvalue weighted by atomic mass is 16.5. The van der Waals surface area contributed by atoms with Crippen molar-refractivity contribution in [1.29, 1.82) is 0 Å². The van der Waals surface area contributed by atoms with Crippen molar-refractivity contribution in [2.75, 3.05) is 38.6 Å². The van der Waals surface area contributed by atoms with E-state index >= 15 is 0 Å². The van der Waals surface area contributed by atoms with Crippen molar-refractivity contribution < 1.29 is 14.3 Å². The van der Waals surface area contributed by atoms with Crippen LogP contribution < -0.4 is 10.1 Å². The van der Waals surface area contributed by atoms with Gasteiger partial charge in [-0.3, -0.25) is 9.59 Å². The number of hydrogen-bond donors (Lipinski definition) is 1. The quantitative estimate of drug-likeness (QED) is 0.857. The SMILES string of the molecule is COc1ccccc1CNc1ncc(C(=O)N2CCN(C(C)=O)CC2)cn1. The molecule has 2 amide bonds. The number of amides is 2. The molecule has 1 N–H and O–H groups in total. The molecular formula is C19H23N5O3. The minimum absolute atomic E-state index is 0.0379. The summed E-state index contributed by atoms with van der Waals surface area (Å²) in [7, 11) is 1.63. The Bertz CT molecular complexity index is 801. The molecule has 8 nitrogen and oxygen atoms in total. The number of para-hydroxylation sites is 1. The molecule has 0 radical (unpaired) electrons. The Kier molecular flexibility index (Phi) is 5.85. The fraction of sp³-hybridized carbons (Fsp3) is 0.368. The van der Waals surface area contributed by atoms with Crippen LogP contribution in [0.3, 0.4) is 0 Å². The van der Waals surface area contributed by atoms with Gasteiger partial charge in [0.15, 0.2) is 0 Å². The van der Waals surface area contributed by atoms with Gasteiger partial charge in [0.05, 0.1) is 12.7 Å². The number of nitrogens with one attached hydrogen (secondary N) is 1. The van der Waals surface area contributed by atoms with Crippen molar-refractivity contribution in [3.05, 3.63) is 47.8 Å². The van der Waals surface area contributed by atoms with Gasteiger partial charge >= 0.3 is 0 Å². The van der Waals surface area contributed by atoms with Crippen LogP contribution in [0.5, 0.6) is 5.75 Å². The molecule has 1 aromatic heterocycles. The van der Waals surface area contributed by atoms with Gasteiger partial charge in [0.1, 0.15) is 5.75 Å². The molecule has 0 atom stereocenters. The first kappa shape index (κ1) is 18.6. The van der Waals surface area contributed by atoms with Crippen LogP contribution in [0, 0.1) is 0 Å². The Morgan fingerprint density at radius 1 is 1.07 bits per heavy atom. The first-order valence-corrected chi connectivity index (χ1v) is 8.81. The Balaban J connectivity index is 1.57. The summed E-state index contributed by atoms with van der Waals surface area (Å²) in [6.45, 7) is 4.21. The highest BCUT2D eigenvalue weighted by Gasteiger charge is 2.23. The van der Waals surface area contributed by atoms with Gasteiger partial charge < -0.3 is 19.9 Å². The fourth-order valence-electron chi connectivity index (χ4n) is 2.96. The molecule has 8 heteroatoms. The number of methoxy groups -OCH3 is 1. The van der Waals surface area contributed by atoms with Crippen LogP contribution in [0.4, 0.5) is 5.95 Å². The molecule has 1 fully saturated rings. The molecule has 2 heterocycles. The molecule has 1 aliphatic rings. The second-order valence-electron chi connectivity index (χ2n) is 6.26. The van der Waals surface area contributed by atoms with E-state index in [1.807, 2.05) is 24.3 Å². The predicted molar refractivity (Wildman–Crippen MR) is 101 cm³/mol. The zero-order valence-electron chi connectivity index (χ0n) is 15.5. The lowest BCUT2D eigenvalue weighted by Gasteiger charge is -2.34. The summed E-state index contributed by atoms with van der Waals surface area (Å²) >= 11 is 0. The molecule has 1 saturated heterocycles. The van der Waals surface area contributed by atoms with Crippen LogP contribution in [0.2, 0.25) is 0 Å². The smallest absolute Gasteiger partial charge is 0.257 e. The number of anilines is 1. The van der Waals surface area contributed by atoms with Crippen LogP contribution in [0.25, 0.3) is 0 Å². The van der Waals surface area contributed by atoms with Crippen molar-refractivity contribution in [1.82, 2.24) is 19.8 Å². The van der Waals surface area contributed by atoms with E-state index < -0.39 is 0 Å². The number of carbonyl (C=O) groups excluding carboxylic acids is 2. The number of aromatic nitrogens is 2. The van der Waals surface area contributed by atoms with Crippen molar-refractivity contribution in [2.24, 2.45) is 0 Å². The molecule has 1 aliphatic heterocycles. The summed E-state index contributed by atoms with van der Waals surface area (Å²) in [6.07, 6.45) is 3.05. The molecule has 142 valence electrons. The molecule has 0 spiro atoms. The van der Waals surface area contributed by atoms with E-state index in [1.165, 1.54) is 12.4 Å². The first-order chi connectivity index (χ1) is 13.1. The van der Waals surface area contributed by atoms with Crippen molar-refractivity contribution in [3.63, 3.8) is 0 Å². The standard InChI is InChI=1S/C19H23N5O3/c1-14(25)23-7-9-24(10-8-23)18(26)16-12-21-19(22-13-16)20-11-15-5-3-4-6-17(15)27-2/h3-6,12-13H,7-11H2,1-2H3,(H,20,21,22). The number of benzene rings is 1. The van der Waals surface area contributed by atoms with Crippen molar-refractivity contribution in [2.45, 2.75) is 13.5 Å². The van der Waals surface area contributed by atoms with Gasteiger partial charge in [0, 0.05) is 57.6 Å². The molecule has 0 aliphatic carbocycles. The molecular weight excluding hydrogens is 346 g/mol. The molecule has 27 heavy (non-hydrogen) atoms. The lowest BCUT2D eigenvalue weighted by atomic mass is 10.2. The largest absolute Gasteiger partial charge is 0.496 e. The van der Waals surface area contributed by atoms with E-state index in [9.17, 15) is 9.59 Å². The minimum Gasteiger partial charge on any atom is -0.496 e. The predicted octanol–water partition coefficient (Wildman–Crippen LogP) is 1.40. The third-order valence-electron chi connectivity index (χ3n) is 4.54. The van der Waals surface area contributed by atoms with E-state index in [2.05, 4.69) is 15.3 Å². The topological polar surface area (TPSA) is 87.7 Å². The Morgan fingerprint density at radius 2 is 1.70 bits per heavy atom. The van der Waals surface area contributed by atoms with Crippen LogP contribution >= 0.6 is 0 Å². The van der Waals surface area contributed by atoms with Crippen LogP contribution in [-0.2, 0) is 11.3 Å². The maximum absolute atomic E-state index is 12.6. The molecule has 0 unspecified atom stereocenters. The highest BCUT2D eigenvalue weighted by molar-refractivity contribution is 5.93. The summed E-state index contributed by atoms with van der Waals surface area (Å²) in [6, 6.07) is 7.71. The summed E-state index contributed by atoms with van der Waals surface area (Å²) in [5.74, 6) is 1.16. The maximum Gasteiger partial charge on any atom is 0.257 e. The average Bonchev–Trinajstić information content (AvgIpc) is 2.72. The molecule has 1 aromatic carbocycles. The second kappa shape index (κ2) is 8.48. The van der Waals surface area contributed by atoms with Gasteiger partial charge in [-0.1, -0.05) is 18.2 Å². The van der Waals surface area contributed by atoms with Crippen LogP contribution in [0.1, 0.15) is 22.8 Å². The van der Waals surface area contributed by atoms with E-state index in [4.69, 9.17) is 4.74 Å². The van der Waals surface area contributed by atoms with E-state index in [0.717, 1.165) is 11.3 Å². The van der Waals surface area contributed by atoms with Gasteiger partial charge in [-0.05, 0) is 6.07 Å². The van der Waals surface area contributed by atoms with Crippen LogP contribution in [-0.4, -0.2) is 64.9 Å². The minimum atomic E-state index is -0.116. The Labute approximate surface area is 158 Å². The van der Waals surface area contributed by atoms with Crippen molar-refractivity contribution in [3.8, 4) is 5.75 Å². The Hall–Kier alpha value is -3.16. The number of ether oxygens (including phenoxy) is 1. The van der Waals surface area contributed by atoms with Gasteiger partial charge in [-0.2, -0.15) is 0 Å². The number of carbonyl (C=O) groups is 2. The maximum atomic E-state index is 12.6. The summed E-state index contributed by atoms with van der Waals surface area (Å²) in [5, 5.41) is 3.13. The third kappa shape index (κ3) is 4.52. The monoisotopic (exact) mass is 369 g/mol. The van der Waals surface area contributed by atoms with Crippen molar-refractivity contribution >= 4 is 17.8 Å². The zero-order chi connectivity index (χ0) is 19.2.